The fourth-order valence-electron chi connectivity index (χ4n) is 2.15. The molecule has 2 N–H and O–H groups in total. The lowest BCUT2D eigenvalue weighted by atomic mass is 10.2. The summed E-state index contributed by atoms with van der Waals surface area (Å²) in [6, 6.07) is 0. The summed E-state index contributed by atoms with van der Waals surface area (Å²) in [5.74, 6) is 3.20. The molecule has 1 aliphatic heterocycles. The van der Waals surface area contributed by atoms with Gasteiger partial charge in [-0.05, 0) is 32.4 Å². The number of nitrogens with one attached hydrogen (secondary N) is 2. The molecule has 1 unspecified atom stereocenters. The maximum Gasteiger partial charge on any atom is 0.134 e. The van der Waals surface area contributed by atoms with Gasteiger partial charge in [0.25, 0.3) is 0 Å². The average molecular weight is 266 g/mol. The summed E-state index contributed by atoms with van der Waals surface area (Å²) in [5.41, 5.74) is 1.11. The van der Waals surface area contributed by atoms with Crippen molar-refractivity contribution in [1.29, 1.82) is 0 Å². The summed E-state index contributed by atoms with van der Waals surface area (Å²) in [7, 11) is 0. The molecule has 0 radical (unpaired) electrons. The molecule has 1 fully saturated rings. The van der Waals surface area contributed by atoms with Crippen LogP contribution in [0.15, 0.2) is 6.33 Å². The summed E-state index contributed by atoms with van der Waals surface area (Å²) in [6.45, 7) is 6.03. The van der Waals surface area contributed by atoms with E-state index in [0.29, 0.717) is 0 Å². The Morgan fingerprint density at radius 1 is 1.28 bits per heavy atom. The normalized spacial score (nSPS) is 19.6. The summed E-state index contributed by atoms with van der Waals surface area (Å²) in [6.07, 6.45) is 5.69. The minimum atomic E-state index is 0.732. The molecular formula is C13H22N4S. The van der Waals surface area contributed by atoms with Crippen LogP contribution in [0.4, 0.5) is 11.6 Å². The van der Waals surface area contributed by atoms with E-state index in [1.165, 1.54) is 25.0 Å². The molecule has 2 rings (SSSR count). The Morgan fingerprint density at radius 3 is 2.72 bits per heavy atom. The first-order valence-electron chi connectivity index (χ1n) is 6.72. The van der Waals surface area contributed by atoms with E-state index in [9.17, 15) is 0 Å². The van der Waals surface area contributed by atoms with E-state index in [0.717, 1.165) is 35.5 Å². The molecule has 1 aromatic heterocycles. The highest BCUT2D eigenvalue weighted by Gasteiger charge is 2.14. The van der Waals surface area contributed by atoms with Crippen LogP contribution in [0.5, 0.6) is 0 Å². The van der Waals surface area contributed by atoms with E-state index in [1.807, 2.05) is 0 Å². The number of rotatable bonds is 5. The zero-order valence-electron chi connectivity index (χ0n) is 11.2. The van der Waals surface area contributed by atoms with Gasteiger partial charge >= 0.3 is 0 Å². The van der Waals surface area contributed by atoms with Crippen molar-refractivity contribution in [1.82, 2.24) is 9.97 Å². The minimum absolute atomic E-state index is 0.732. The molecule has 2 heterocycles. The van der Waals surface area contributed by atoms with Gasteiger partial charge in [-0.15, -0.1) is 0 Å². The minimum Gasteiger partial charge on any atom is -0.370 e. The predicted molar refractivity (Wildman–Crippen MR) is 79.5 cm³/mol. The lowest BCUT2D eigenvalue weighted by Crippen LogP contribution is -2.21. The molecule has 100 valence electrons. The van der Waals surface area contributed by atoms with Gasteiger partial charge in [0.15, 0.2) is 0 Å². The monoisotopic (exact) mass is 266 g/mol. The average Bonchev–Trinajstić information content (AvgIpc) is 2.41. The van der Waals surface area contributed by atoms with Gasteiger partial charge in [-0.2, -0.15) is 11.8 Å². The predicted octanol–water partition coefficient (Wildman–Crippen LogP) is 2.91. The highest BCUT2D eigenvalue weighted by Crippen LogP contribution is 2.26. The summed E-state index contributed by atoms with van der Waals surface area (Å²) in [4.78, 5) is 8.59. The lowest BCUT2D eigenvalue weighted by Gasteiger charge is -2.22. The quantitative estimate of drug-likeness (QED) is 0.858. The van der Waals surface area contributed by atoms with E-state index >= 15 is 0 Å². The third-order valence-electron chi connectivity index (χ3n) is 3.20. The molecule has 0 aliphatic carbocycles. The highest BCUT2D eigenvalue weighted by molar-refractivity contribution is 7.99. The summed E-state index contributed by atoms with van der Waals surface area (Å²) in [5, 5.41) is 7.46. The van der Waals surface area contributed by atoms with Gasteiger partial charge in [0.2, 0.25) is 0 Å². The fourth-order valence-corrected chi connectivity index (χ4v) is 3.39. The fraction of sp³-hybridized carbons (Fsp3) is 0.692. The molecule has 0 amide bonds. The van der Waals surface area contributed by atoms with Crippen LogP contribution in [0, 0.1) is 6.92 Å². The molecule has 1 atom stereocenters. The van der Waals surface area contributed by atoms with Crippen molar-refractivity contribution < 1.29 is 0 Å². The van der Waals surface area contributed by atoms with Crippen LogP contribution in [0.25, 0.3) is 0 Å². The molecule has 0 spiro atoms. The zero-order chi connectivity index (χ0) is 12.8. The molecule has 1 aromatic rings. The van der Waals surface area contributed by atoms with E-state index < -0.39 is 0 Å². The molecule has 5 heteroatoms. The van der Waals surface area contributed by atoms with Crippen molar-refractivity contribution in [3.05, 3.63) is 11.9 Å². The Kier molecular flexibility index (Phi) is 5.11. The topological polar surface area (TPSA) is 49.8 Å². The zero-order valence-corrected chi connectivity index (χ0v) is 12.0. The smallest absolute Gasteiger partial charge is 0.134 e. The van der Waals surface area contributed by atoms with Gasteiger partial charge in [-0.25, -0.2) is 9.97 Å². The number of nitrogens with zero attached hydrogens (tertiary/aromatic N) is 2. The van der Waals surface area contributed by atoms with Gasteiger partial charge in [0, 0.05) is 23.9 Å². The second-order valence-corrected chi connectivity index (χ2v) is 6.00. The first-order chi connectivity index (χ1) is 8.81. The van der Waals surface area contributed by atoms with E-state index in [2.05, 4.69) is 46.2 Å². The Bertz CT molecular complexity index is 377. The van der Waals surface area contributed by atoms with Crippen molar-refractivity contribution >= 4 is 23.4 Å². The third-order valence-corrected chi connectivity index (χ3v) is 4.60. The molecule has 1 saturated heterocycles. The van der Waals surface area contributed by atoms with Gasteiger partial charge in [-0.3, -0.25) is 0 Å². The SMILES string of the molecule is CCNc1ncnc(NCC2CCCCS2)c1C. The Morgan fingerprint density at radius 2 is 2.06 bits per heavy atom. The van der Waals surface area contributed by atoms with Crippen LogP contribution >= 0.6 is 11.8 Å². The van der Waals surface area contributed by atoms with Crippen molar-refractivity contribution in [2.45, 2.75) is 38.4 Å². The van der Waals surface area contributed by atoms with Crippen molar-refractivity contribution in [2.75, 3.05) is 29.5 Å². The number of aromatic nitrogens is 2. The molecular weight excluding hydrogens is 244 g/mol. The maximum absolute atomic E-state index is 4.33. The number of hydrogen-bond donors (Lipinski definition) is 2. The maximum atomic E-state index is 4.33. The molecule has 0 bridgehead atoms. The van der Waals surface area contributed by atoms with Crippen LogP contribution in [-0.2, 0) is 0 Å². The summed E-state index contributed by atoms with van der Waals surface area (Å²) >= 11 is 2.08. The van der Waals surface area contributed by atoms with E-state index in [-0.39, 0.29) is 0 Å². The first kappa shape index (κ1) is 13.5. The van der Waals surface area contributed by atoms with Crippen LogP contribution < -0.4 is 10.6 Å². The number of thioether (sulfide) groups is 1. The molecule has 0 saturated carbocycles. The van der Waals surface area contributed by atoms with Crippen molar-refractivity contribution in [3.63, 3.8) is 0 Å². The van der Waals surface area contributed by atoms with Crippen LogP contribution in [-0.4, -0.2) is 34.1 Å². The Hall–Kier alpha value is -0.970. The van der Waals surface area contributed by atoms with E-state index in [1.54, 1.807) is 6.33 Å². The molecule has 0 aromatic carbocycles. The first-order valence-corrected chi connectivity index (χ1v) is 7.77. The van der Waals surface area contributed by atoms with E-state index in [4.69, 9.17) is 0 Å². The second kappa shape index (κ2) is 6.83. The van der Waals surface area contributed by atoms with Gasteiger partial charge < -0.3 is 10.6 Å². The third kappa shape index (κ3) is 3.51. The second-order valence-electron chi connectivity index (χ2n) is 4.60. The van der Waals surface area contributed by atoms with Gasteiger partial charge in [-0.1, -0.05) is 6.42 Å². The highest BCUT2D eigenvalue weighted by atomic mass is 32.2. The Labute approximate surface area is 113 Å². The van der Waals surface area contributed by atoms with Gasteiger partial charge in [0.05, 0.1) is 0 Å². The molecule has 1 aliphatic rings. The molecule has 18 heavy (non-hydrogen) atoms. The van der Waals surface area contributed by atoms with Crippen LogP contribution in [0.2, 0.25) is 0 Å². The van der Waals surface area contributed by atoms with Crippen LogP contribution in [0.3, 0.4) is 0 Å². The van der Waals surface area contributed by atoms with Crippen molar-refractivity contribution in [2.24, 2.45) is 0 Å². The largest absolute Gasteiger partial charge is 0.370 e. The number of anilines is 2. The molecule has 4 nitrogen and oxygen atoms in total. The standard InChI is InChI=1S/C13H22N4S/c1-3-14-12-10(2)13(17-9-16-12)15-8-11-6-4-5-7-18-11/h9,11H,3-8H2,1-2H3,(H2,14,15,16,17). The Balaban J connectivity index is 1.93. The number of hydrogen-bond acceptors (Lipinski definition) is 5. The summed E-state index contributed by atoms with van der Waals surface area (Å²) < 4.78 is 0. The van der Waals surface area contributed by atoms with Gasteiger partial charge in [0.1, 0.15) is 18.0 Å². The lowest BCUT2D eigenvalue weighted by molar-refractivity contribution is 0.676. The van der Waals surface area contributed by atoms with Crippen LogP contribution in [0.1, 0.15) is 31.7 Å². The van der Waals surface area contributed by atoms with Crippen molar-refractivity contribution in [3.8, 4) is 0 Å².